The lowest BCUT2D eigenvalue weighted by molar-refractivity contribution is -0.142. The molecule has 2 saturated heterocycles. The number of hydrogen-bond acceptors (Lipinski definition) is 7. The van der Waals surface area contributed by atoms with Crippen LogP contribution in [0.25, 0.3) is 0 Å². The predicted molar refractivity (Wildman–Crippen MR) is 194 cm³/mol. The van der Waals surface area contributed by atoms with Crippen LogP contribution in [0.5, 0.6) is 0 Å². The van der Waals surface area contributed by atoms with Crippen molar-refractivity contribution >= 4 is 58.8 Å². The van der Waals surface area contributed by atoms with Crippen LogP contribution < -0.4 is 0 Å². The van der Waals surface area contributed by atoms with Crippen LogP contribution in [0.15, 0.2) is 70.9 Å². The van der Waals surface area contributed by atoms with Crippen molar-refractivity contribution in [2.75, 3.05) is 26.2 Å². The molecular formula is C38H46Cl2N6O4. The first-order valence-electron chi connectivity index (χ1n) is 18.0. The average molecular weight is 722 g/mol. The van der Waals surface area contributed by atoms with Gasteiger partial charge in [0.2, 0.25) is 23.0 Å². The summed E-state index contributed by atoms with van der Waals surface area (Å²) in [5, 5.41) is 11.8. The lowest BCUT2D eigenvalue weighted by atomic mass is 9.94. The van der Waals surface area contributed by atoms with Gasteiger partial charge in [0, 0.05) is 75.1 Å². The topological polar surface area (TPSA) is 106 Å². The Bertz CT molecular complexity index is 1530. The number of carbonyl (C=O) groups excluding carboxylic acids is 4. The highest BCUT2D eigenvalue weighted by molar-refractivity contribution is 6.64. The third kappa shape index (κ3) is 9.38. The van der Waals surface area contributed by atoms with Gasteiger partial charge in [0.05, 0.1) is 12.1 Å². The van der Waals surface area contributed by atoms with Gasteiger partial charge in [0.15, 0.2) is 0 Å². The summed E-state index contributed by atoms with van der Waals surface area (Å²) in [6.07, 6.45) is 12.5. The quantitative estimate of drug-likeness (QED) is 0.248. The van der Waals surface area contributed by atoms with Gasteiger partial charge < -0.3 is 4.90 Å². The van der Waals surface area contributed by atoms with Crippen molar-refractivity contribution in [2.45, 2.75) is 76.3 Å². The second-order valence-corrected chi connectivity index (χ2v) is 14.8. The van der Waals surface area contributed by atoms with Crippen LogP contribution in [0.2, 0.25) is 0 Å². The normalized spacial score (nSPS) is 23.9. The number of likely N-dealkylation sites (tertiary alicyclic amines) is 1. The van der Waals surface area contributed by atoms with Crippen molar-refractivity contribution in [3.05, 3.63) is 71.8 Å². The first-order chi connectivity index (χ1) is 24.3. The predicted octanol–water partition coefficient (Wildman–Crippen LogP) is 6.57. The van der Waals surface area contributed by atoms with Crippen LogP contribution in [0.3, 0.4) is 0 Å². The molecule has 0 bridgehead atoms. The van der Waals surface area contributed by atoms with Gasteiger partial charge in [0.1, 0.15) is 0 Å². The molecular weight excluding hydrogens is 675 g/mol. The fourth-order valence-electron chi connectivity index (χ4n) is 6.87. The fourth-order valence-corrected chi connectivity index (χ4v) is 7.28. The third-order valence-corrected chi connectivity index (χ3v) is 10.9. The zero-order valence-corrected chi connectivity index (χ0v) is 29.9. The molecule has 10 nitrogen and oxygen atoms in total. The van der Waals surface area contributed by atoms with E-state index in [1.54, 1.807) is 14.4 Å². The lowest BCUT2D eigenvalue weighted by Gasteiger charge is -2.34. The molecule has 6 aliphatic rings. The van der Waals surface area contributed by atoms with Gasteiger partial charge in [-0.05, 0) is 85.9 Å². The molecule has 50 heavy (non-hydrogen) atoms. The molecule has 2 aromatic rings. The molecule has 266 valence electrons. The summed E-state index contributed by atoms with van der Waals surface area (Å²) < 4.78 is 1.76. The number of amides is 3. The Morgan fingerprint density at radius 2 is 0.940 bits per heavy atom. The van der Waals surface area contributed by atoms with E-state index in [4.69, 9.17) is 23.4 Å². The van der Waals surface area contributed by atoms with Crippen molar-refractivity contribution in [1.29, 1.82) is 0 Å². The molecule has 2 aliphatic carbocycles. The highest BCUT2D eigenvalue weighted by atomic mass is 35.5. The molecule has 0 N–H and O–H groups in total. The maximum absolute atomic E-state index is 12.9. The van der Waals surface area contributed by atoms with E-state index in [1.807, 2.05) is 53.7 Å². The summed E-state index contributed by atoms with van der Waals surface area (Å²) in [6.45, 7) is 2.95. The number of piperidine rings is 2. The summed E-state index contributed by atoms with van der Waals surface area (Å²) in [4.78, 5) is 49.6. The molecule has 4 fully saturated rings. The maximum atomic E-state index is 12.9. The fraction of sp³-hybridized carbons (Fsp3) is 0.526. The smallest absolute Gasteiger partial charge is 0.246 e. The Morgan fingerprint density at radius 1 is 0.540 bits per heavy atom. The third-order valence-electron chi connectivity index (χ3n) is 10.3. The van der Waals surface area contributed by atoms with E-state index in [2.05, 4.69) is 34.5 Å². The number of nitrogens with zero attached hydrogens (tertiary/aromatic N) is 6. The van der Waals surface area contributed by atoms with Gasteiger partial charge in [-0.15, -0.1) is 0 Å². The number of hydrogen-bond donors (Lipinski definition) is 0. The van der Waals surface area contributed by atoms with E-state index in [0.29, 0.717) is 19.0 Å². The first-order valence-corrected chi connectivity index (χ1v) is 18.7. The highest BCUT2D eigenvalue weighted by Gasteiger charge is 2.39. The van der Waals surface area contributed by atoms with Crippen molar-refractivity contribution in [3.8, 4) is 0 Å². The van der Waals surface area contributed by atoms with Crippen LogP contribution in [-0.4, -0.2) is 80.9 Å². The Balaban J connectivity index is 0.000000150. The zero-order valence-electron chi connectivity index (χ0n) is 28.4. The highest BCUT2D eigenvalue weighted by Crippen LogP contribution is 2.35. The molecule has 0 radical (unpaired) electrons. The molecule has 8 rings (SSSR count). The monoisotopic (exact) mass is 720 g/mol. The molecule has 2 aromatic carbocycles. The molecule has 4 heterocycles. The Hall–Kier alpha value is -3.60. The van der Waals surface area contributed by atoms with E-state index in [1.165, 1.54) is 0 Å². The Kier molecular flexibility index (Phi) is 12.4. The van der Waals surface area contributed by atoms with E-state index in [0.717, 1.165) is 88.4 Å². The molecule has 0 aromatic heterocycles. The second kappa shape index (κ2) is 17.1. The van der Waals surface area contributed by atoms with Gasteiger partial charge in [-0.2, -0.15) is 10.2 Å². The number of hydrazone groups is 2. The van der Waals surface area contributed by atoms with E-state index >= 15 is 0 Å². The largest absolute Gasteiger partial charge is 0.342 e. The van der Waals surface area contributed by atoms with Gasteiger partial charge in [-0.1, -0.05) is 60.7 Å². The standard InChI is InChI=1S/C19H23N3O2.C15H18ClN3O.C4H5ClO/c23-18(15-6-7-15)21-12-9-16(10-13-21)19(24)22-17(8-11-20-22)14-4-2-1-3-5-14;16-18-10-7-13(8-11-18)15(20)19-14(6-9-17-19)12-4-2-1-3-5-12;5-4(6)3-1-2-3/h1-5,11,15-17H,6-10,12-13H2;1-5,9,13-14H,6-8,10-11H2;3H,1-2H2. The van der Waals surface area contributed by atoms with Gasteiger partial charge in [0.25, 0.3) is 0 Å². The molecule has 2 unspecified atom stereocenters. The Labute approximate surface area is 304 Å². The number of carbonyl (C=O) groups is 4. The first kappa shape index (κ1) is 36.2. The van der Waals surface area contributed by atoms with Crippen LogP contribution in [0, 0.1) is 23.7 Å². The average Bonchev–Trinajstić information content (AvgIpc) is 4.09. The minimum Gasteiger partial charge on any atom is -0.342 e. The van der Waals surface area contributed by atoms with Crippen LogP contribution in [0.4, 0.5) is 0 Å². The van der Waals surface area contributed by atoms with E-state index in [9.17, 15) is 19.2 Å². The van der Waals surface area contributed by atoms with Gasteiger partial charge in [-0.25, -0.2) is 14.4 Å². The SMILES string of the molecule is O=C(C1CC1)N1CCC(C(=O)N2N=CCC2c2ccccc2)CC1.O=C(C1CCN(Cl)CC1)N1N=CCC1c1ccccc1.O=C(Cl)C1CC1. The number of halogens is 2. The molecule has 12 heteroatoms. The summed E-state index contributed by atoms with van der Waals surface area (Å²) in [5.41, 5.74) is 2.28. The number of benzene rings is 2. The lowest BCUT2D eigenvalue weighted by Crippen LogP contribution is -2.43. The van der Waals surface area contributed by atoms with Crippen LogP contribution in [0.1, 0.15) is 87.4 Å². The minimum atomic E-state index is -0.157. The molecule has 0 spiro atoms. The van der Waals surface area contributed by atoms with Crippen molar-refractivity contribution in [2.24, 2.45) is 33.9 Å². The summed E-state index contributed by atoms with van der Waals surface area (Å²) in [6, 6.07) is 20.3. The summed E-state index contributed by atoms with van der Waals surface area (Å²) in [7, 11) is 0. The van der Waals surface area contributed by atoms with Crippen LogP contribution >= 0.6 is 23.4 Å². The summed E-state index contributed by atoms with van der Waals surface area (Å²) in [5.74, 6) is 1.06. The summed E-state index contributed by atoms with van der Waals surface area (Å²) >= 11 is 11.0. The molecule has 3 amide bonds. The van der Waals surface area contributed by atoms with Gasteiger partial charge in [-0.3, -0.25) is 19.2 Å². The maximum Gasteiger partial charge on any atom is 0.246 e. The van der Waals surface area contributed by atoms with E-state index in [-0.39, 0.29) is 52.8 Å². The Morgan fingerprint density at radius 3 is 1.32 bits per heavy atom. The van der Waals surface area contributed by atoms with Crippen LogP contribution in [-0.2, 0) is 19.2 Å². The molecule has 2 saturated carbocycles. The van der Waals surface area contributed by atoms with Crippen molar-refractivity contribution in [3.63, 3.8) is 0 Å². The van der Waals surface area contributed by atoms with Crippen molar-refractivity contribution in [1.82, 2.24) is 19.3 Å². The second-order valence-electron chi connectivity index (χ2n) is 13.9. The molecule has 4 aliphatic heterocycles. The minimum absolute atomic E-state index is 0.0184. The van der Waals surface area contributed by atoms with Crippen molar-refractivity contribution < 1.29 is 19.2 Å². The number of rotatable bonds is 6. The van der Waals surface area contributed by atoms with E-state index < -0.39 is 0 Å². The molecule has 2 atom stereocenters. The van der Waals surface area contributed by atoms with Gasteiger partial charge >= 0.3 is 0 Å². The zero-order chi connectivity index (χ0) is 35.0.